The molecule has 0 spiro atoms. The summed E-state index contributed by atoms with van der Waals surface area (Å²) in [4.78, 5) is 11.8. The van der Waals surface area contributed by atoms with Gasteiger partial charge in [-0.15, -0.1) is 0 Å². The summed E-state index contributed by atoms with van der Waals surface area (Å²) in [6.45, 7) is 2.49. The number of amides is 1. The fraction of sp³-hybridized carbons (Fsp3) is 0.533. The summed E-state index contributed by atoms with van der Waals surface area (Å²) in [6.07, 6.45) is 4.53. The van der Waals surface area contributed by atoms with Crippen LogP contribution in [-0.2, 0) is 4.79 Å². The van der Waals surface area contributed by atoms with Gasteiger partial charge in [-0.25, -0.2) is 4.39 Å². The SMILES string of the molecule is CC1CCC(NC(=O)CNc2ccc(F)cc2)CC1. The monoisotopic (exact) mass is 264 g/mol. The third-order valence-electron chi connectivity index (χ3n) is 3.68. The summed E-state index contributed by atoms with van der Waals surface area (Å²) in [5.41, 5.74) is 0.758. The highest BCUT2D eigenvalue weighted by Gasteiger charge is 2.19. The van der Waals surface area contributed by atoms with Gasteiger partial charge in [0.25, 0.3) is 0 Å². The molecule has 1 fully saturated rings. The lowest BCUT2D eigenvalue weighted by molar-refractivity contribution is -0.120. The lowest BCUT2D eigenvalue weighted by Crippen LogP contribution is -2.40. The second-order valence-electron chi connectivity index (χ2n) is 5.38. The van der Waals surface area contributed by atoms with Crippen LogP contribution in [0, 0.1) is 11.7 Å². The first-order valence-electron chi connectivity index (χ1n) is 6.92. The van der Waals surface area contributed by atoms with Gasteiger partial charge in [-0.1, -0.05) is 6.92 Å². The van der Waals surface area contributed by atoms with E-state index in [9.17, 15) is 9.18 Å². The molecule has 3 nitrogen and oxygen atoms in total. The minimum Gasteiger partial charge on any atom is -0.376 e. The molecule has 0 atom stereocenters. The molecule has 0 heterocycles. The molecular formula is C15H21FN2O. The van der Waals surface area contributed by atoms with Crippen LogP contribution >= 0.6 is 0 Å². The van der Waals surface area contributed by atoms with Gasteiger partial charge in [0.2, 0.25) is 5.91 Å². The van der Waals surface area contributed by atoms with Crippen LogP contribution < -0.4 is 10.6 Å². The number of hydrogen-bond donors (Lipinski definition) is 2. The molecule has 4 heteroatoms. The zero-order chi connectivity index (χ0) is 13.7. The van der Waals surface area contributed by atoms with E-state index in [1.165, 1.54) is 25.0 Å². The van der Waals surface area contributed by atoms with Crippen molar-refractivity contribution in [2.75, 3.05) is 11.9 Å². The largest absolute Gasteiger partial charge is 0.376 e. The van der Waals surface area contributed by atoms with Gasteiger partial charge in [0, 0.05) is 11.7 Å². The first kappa shape index (κ1) is 13.8. The van der Waals surface area contributed by atoms with E-state index in [-0.39, 0.29) is 18.3 Å². The predicted octanol–water partition coefficient (Wildman–Crippen LogP) is 2.93. The van der Waals surface area contributed by atoms with Crippen LogP contribution in [0.4, 0.5) is 10.1 Å². The maximum absolute atomic E-state index is 12.7. The Morgan fingerprint density at radius 3 is 2.47 bits per heavy atom. The molecule has 1 aliphatic rings. The van der Waals surface area contributed by atoms with Crippen molar-refractivity contribution in [1.82, 2.24) is 5.32 Å². The van der Waals surface area contributed by atoms with Crippen molar-refractivity contribution in [2.45, 2.75) is 38.6 Å². The molecule has 0 bridgehead atoms. The number of halogens is 1. The summed E-state index contributed by atoms with van der Waals surface area (Å²) in [5.74, 6) is 0.515. The van der Waals surface area contributed by atoms with E-state index in [0.717, 1.165) is 24.4 Å². The minimum atomic E-state index is -0.272. The molecule has 0 unspecified atom stereocenters. The number of rotatable bonds is 4. The van der Waals surface area contributed by atoms with Crippen molar-refractivity contribution >= 4 is 11.6 Å². The topological polar surface area (TPSA) is 41.1 Å². The Labute approximate surface area is 113 Å². The molecule has 1 aromatic rings. The van der Waals surface area contributed by atoms with Crippen molar-refractivity contribution in [1.29, 1.82) is 0 Å². The molecule has 0 saturated heterocycles. The van der Waals surface area contributed by atoms with Gasteiger partial charge in [-0.2, -0.15) is 0 Å². The van der Waals surface area contributed by atoms with Crippen molar-refractivity contribution in [3.05, 3.63) is 30.1 Å². The van der Waals surface area contributed by atoms with E-state index < -0.39 is 0 Å². The van der Waals surface area contributed by atoms with Crippen LogP contribution in [0.3, 0.4) is 0 Å². The van der Waals surface area contributed by atoms with E-state index in [1.807, 2.05) is 0 Å². The number of hydrogen-bond acceptors (Lipinski definition) is 2. The first-order chi connectivity index (χ1) is 9.13. The van der Waals surface area contributed by atoms with Gasteiger partial charge < -0.3 is 10.6 Å². The Hall–Kier alpha value is -1.58. The molecule has 1 saturated carbocycles. The number of carbonyl (C=O) groups is 1. The third-order valence-corrected chi connectivity index (χ3v) is 3.68. The van der Waals surface area contributed by atoms with Gasteiger partial charge >= 0.3 is 0 Å². The van der Waals surface area contributed by atoms with Gasteiger partial charge in [-0.3, -0.25) is 4.79 Å². The Kier molecular flexibility index (Phi) is 4.77. The van der Waals surface area contributed by atoms with Gasteiger partial charge in [0.1, 0.15) is 5.82 Å². The molecule has 19 heavy (non-hydrogen) atoms. The normalized spacial score (nSPS) is 22.8. The average molecular weight is 264 g/mol. The number of benzene rings is 1. The van der Waals surface area contributed by atoms with Crippen LogP contribution in [0.1, 0.15) is 32.6 Å². The summed E-state index contributed by atoms with van der Waals surface area (Å²) < 4.78 is 12.7. The maximum atomic E-state index is 12.7. The quantitative estimate of drug-likeness (QED) is 0.878. The molecule has 2 N–H and O–H groups in total. The molecule has 1 amide bonds. The van der Waals surface area contributed by atoms with Gasteiger partial charge in [0.05, 0.1) is 6.54 Å². The minimum absolute atomic E-state index is 0.00359. The first-order valence-corrected chi connectivity index (χ1v) is 6.92. The van der Waals surface area contributed by atoms with Crippen molar-refractivity contribution < 1.29 is 9.18 Å². The van der Waals surface area contributed by atoms with Crippen molar-refractivity contribution in [2.24, 2.45) is 5.92 Å². The summed E-state index contributed by atoms with van der Waals surface area (Å²) in [5, 5.41) is 6.04. The lowest BCUT2D eigenvalue weighted by Gasteiger charge is -2.27. The van der Waals surface area contributed by atoms with Crippen LogP contribution in [0.25, 0.3) is 0 Å². The second-order valence-corrected chi connectivity index (χ2v) is 5.38. The molecular weight excluding hydrogens is 243 g/mol. The Morgan fingerprint density at radius 1 is 1.21 bits per heavy atom. The summed E-state index contributed by atoms with van der Waals surface area (Å²) in [7, 11) is 0. The molecule has 1 aromatic carbocycles. The smallest absolute Gasteiger partial charge is 0.239 e. The van der Waals surface area contributed by atoms with Crippen LogP contribution in [0.15, 0.2) is 24.3 Å². The maximum Gasteiger partial charge on any atom is 0.239 e. The molecule has 0 aliphatic heterocycles. The molecule has 1 aliphatic carbocycles. The standard InChI is InChI=1S/C15H21FN2O/c1-11-2-6-14(7-3-11)18-15(19)10-17-13-8-4-12(16)5-9-13/h4-5,8-9,11,14,17H,2-3,6-7,10H2,1H3,(H,18,19). The number of carbonyl (C=O) groups excluding carboxylic acids is 1. The Morgan fingerprint density at radius 2 is 1.84 bits per heavy atom. The Bertz CT molecular complexity index is 411. The molecule has 2 rings (SSSR count). The van der Waals surface area contributed by atoms with Crippen molar-refractivity contribution in [3.8, 4) is 0 Å². The fourth-order valence-electron chi connectivity index (χ4n) is 2.43. The van der Waals surface area contributed by atoms with Crippen LogP contribution in [0.2, 0.25) is 0 Å². The van der Waals surface area contributed by atoms with Gasteiger partial charge in [0.15, 0.2) is 0 Å². The highest BCUT2D eigenvalue weighted by molar-refractivity contribution is 5.80. The van der Waals surface area contributed by atoms with Crippen molar-refractivity contribution in [3.63, 3.8) is 0 Å². The molecule has 104 valence electrons. The van der Waals surface area contributed by atoms with E-state index in [2.05, 4.69) is 17.6 Å². The van der Waals surface area contributed by atoms with Crippen LogP contribution in [-0.4, -0.2) is 18.5 Å². The lowest BCUT2D eigenvalue weighted by atomic mass is 9.87. The molecule has 0 aromatic heterocycles. The Balaban J connectivity index is 1.71. The molecule has 0 radical (unpaired) electrons. The fourth-order valence-corrected chi connectivity index (χ4v) is 2.43. The van der Waals surface area contributed by atoms with Crippen LogP contribution in [0.5, 0.6) is 0 Å². The number of nitrogens with one attached hydrogen (secondary N) is 2. The zero-order valence-electron chi connectivity index (χ0n) is 11.3. The number of anilines is 1. The van der Waals surface area contributed by atoms with E-state index in [0.29, 0.717) is 6.04 Å². The van der Waals surface area contributed by atoms with Gasteiger partial charge in [-0.05, 0) is 55.9 Å². The van der Waals surface area contributed by atoms with E-state index >= 15 is 0 Å². The highest BCUT2D eigenvalue weighted by atomic mass is 19.1. The predicted molar refractivity (Wildman–Crippen MR) is 74.5 cm³/mol. The van der Waals surface area contributed by atoms with E-state index in [1.54, 1.807) is 12.1 Å². The second kappa shape index (κ2) is 6.55. The zero-order valence-corrected chi connectivity index (χ0v) is 11.3. The highest BCUT2D eigenvalue weighted by Crippen LogP contribution is 2.23. The summed E-state index contributed by atoms with van der Waals surface area (Å²) >= 11 is 0. The average Bonchev–Trinajstić information content (AvgIpc) is 2.41. The van der Waals surface area contributed by atoms with E-state index in [4.69, 9.17) is 0 Å². The third kappa shape index (κ3) is 4.54. The summed E-state index contributed by atoms with van der Waals surface area (Å²) in [6, 6.07) is 6.33.